The van der Waals surface area contributed by atoms with Gasteiger partial charge in [0, 0.05) is 6.07 Å². The van der Waals surface area contributed by atoms with Crippen LogP contribution in [0.1, 0.15) is 0 Å². The summed E-state index contributed by atoms with van der Waals surface area (Å²) < 4.78 is 0. The Morgan fingerprint density at radius 2 is 1.92 bits per heavy atom. The van der Waals surface area contributed by atoms with Gasteiger partial charge >= 0.3 is 0 Å². The van der Waals surface area contributed by atoms with Crippen molar-refractivity contribution >= 4 is 0 Å². The zero-order valence-corrected chi connectivity index (χ0v) is 6.25. The zero-order valence-electron chi connectivity index (χ0n) is 6.25. The van der Waals surface area contributed by atoms with Gasteiger partial charge in [0.25, 0.3) is 0 Å². The maximum absolute atomic E-state index is 9.14. The Morgan fingerprint density at radius 1 is 1.17 bits per heavy atom. The fourth-order valence-corrected chi connectivity index (χ4v) is 0.967. The van der Waals surface area contributed by atoms with Crippen LogP contribution in [0.2, 0.25) is 0 Å². The maximum Gasteiger partial charge on any atom is 0.117 e. The number of phenolic OH excluding ortho intramolecular Hbond substituents is 1. The van der Waals surface area contributed by atoms with Crippen molar-refractivity contribution in [2.24, 2.45) is 0 Å². The third-order valence-electron chi connectivity index (χ3n) is 1.48. The van der Waals surface area contributed by atoms with Crippen LogP contribution in [0.3, 0.4) is 0 Å². The van der Waals surface area contributed by atoms with Crippen molar-refractivity contribution in [1.82, 2.24) is 15.0 Å². The van der Waals surface area contributed by atoms with Gasteiger partial charge in [-0.2, -0.15) is 15.0 Å². The molecule has 0 fully saturated rings. The van der Waals surface area contributed by atoms with Gasteiger partial charge in [-0.15, -0.1) is 0 Å². The first kappa shape index (κ1) is 6.84. The Balaban J connectivity index is 2.48. The lowest BCUT2D eigenvalue weighted by atomic mass is 10.3. The molecular weight excluding hydrogens is 154 g/mol. The predicted octanol–water partition coefficient (Wildman–Crippen LogP) is 0.973. The van der Waals surface area contributed by atoms with Gasteiger partial charge in [-0.1, -0.05) is 6.07 Å². The molecule has 12 heavy (non-hydrogen) atoms. The smallest absolute Gasteiger partial charge is 0.117 e. The van der Waals surface area contributed by atoms with Gasteiger partial charge in [-0.25, -0.2) is 0 Å². The molecule has 0 spiro atoms. The summed E-state index contributed by atoms with van der Waals surface area (Å²) in [6.07, 6.45) is 3.17. The molecule has 0 aliphatic rings. The van der Waals surface area contributed by atoms with Crippen molar-refractivity contribution in [2.45, 2.75) is 0 Å². The normalized spacial score (nSPS) is 10.0. The summed E-state index contributed by atoms with van der Waals surface area (Å²) in [5.41, 5.74) is 0.750. The number of phenols is 1. The van der Waals surface area contributed by atoms with E-state index in [0.717, 1.165) is 5.69 Å². The van der Waals surface area contributed by atoms with E-state index in [2.05, 4.69) is 10.2 Å². The Bertz CT molecular complexity index is 370. The monoisotopic (exact) mass is 161 g/mol. The molecule has 1 heterocycles. The topological polar surface area (TPSA) is 50.9 Å². The largest absolute Gasteiger partial charge is 0.508 e. The molecule has 1 aromatic heterocycles. The minimum absolute atomic E-state index is 0.213. The van der Waals surface area contributed by atoms with Crippen molar-refractivity contribution in [1.29, 1.82) is 0 Å². The van der Waals surface area contributed by atoms with Crippen LogP contribution < -0.4 is 0 Å². The average molecular weight is 161 g/mol. The molecule has 4 nitrogen and oxygen atoms in total. The van der Waals surface area contributed by atoms with Crippen molar-refractivity contribution in [3.05, 3.63) is 36.7 Å². The lowest BCUT2D eigenvalue weighted by Crippen LogP contribution is -1.97. The summed E-state index contributed by atoms with van der Waals surface area (Å²) in [5.74, 6) is 0.213. The van der Waals surface area contributed by atoms with Gasteiger partial charge in [-0.3, -0.25) is 0 Å². The molecule has 1 N–H and O–H groups in total. The highest BCUT2D eigenvalue weighted by molar-refractivity contribution is 5.36. The first-order chi connectivity index (χ1) is 5.86. The molecule has 4 heteroatoms. The molecule has 60 valence electrons. The maximum atomic E-state index is 9.14. The van der Waals surface area contributed by atoms with Crippen LogP contribution >= 0.6 is 0 Å². The van der Waals surface area contributed by atoms with E-state index in [-0.39, 0.29) is 5.75 Å². The van der Waals surface area contributed by atoms with Crippen LogP contribution in [-0.2, 0) is 0 Å². The first-order valence-electron chi connectivity index (χ1n) is 3.52. The van der Waals surface area contributed by atoms with Gasteiger partial charge < -0.3 is 5.11 Å². The standard InChI is InChI=1S/C8H7N3O/c12-8-3-1-2-7(6-8)11-9-4-5-10-11/h1-6,12H. The van der Waals surface area contributed by atoms with E-state index in [0.29, 0.717) is 0 Å². The van der Waals surface area contributed by atoms with Crippen molar-refractivity contribution < 1.29 is 5.11 Å². The quantitative estimate of drug-likeness (QED) is 0.678. The number of benzene rings is 1. The molecule has 2 rings (SSSR count). The van der Waals surface area contributed by atoms with E-state index < -0.39 is 0 Å². The fraction of sp³-hybridized carbons (Fsp3) is 0. The van der Waals surface area contributed by atoms with Crippen LogP contribution in [0.15, 0.2) is 36.7 Å². The second kappa shape index (κ2) is 2.65. The SMILES string of the molecule is Oc1cccc(-n2nccn2)c1. The molecule has 0 aliphatic heterocycles. The first-order valence-corrected chi connectivity index (χ1v) is 3.52. The van der Waals surface area contributed by atoms with Gasteiger partial charge in [0.1, 0.15) is 5.75 Å². The highest BCUT2D eigenvalue weighted by Crippen LogP contribution is 2.12. The summed E-state index contributed by atoms with van der Waals surface area (Å²) in [6.45, 7) is 0. The summed E-state index contributed by atoms with van der Waals surface area (Å²) in [5, 5.41) is 17.0. The number of hydrogen-bond acceptors (Lipinski definition) is 3. The number of aromatic nitrogens is 3. The third kappa shape index (κ3) is 1.14. The number of rotatable bonds is 1. The summed E-state index contributed by atoms with van der Waals surface area (Å²) in [7, 11) is 0. The molecule has 0 saturated heterocycles. The fourth-order valence-electron chi connectivity index (χ4n) is 0.967. The van der Waals surface area contributed by atoms with Gasteiger partial charge in [0.15, 0.2) is 0 Å². The van der Waals surface area contributed by atoms with Crippen LogP contribution in [-0.4, -0.2) is 20.1 Å². The molecule has 0 radical (unpaired) electrons. The Hall–Kier alpha value is -1.84. The van der Waals surface area contributed by atoms with Crippen molar-refractivity contribution in [3.8, 4) is 11.4 Å². The van der Waals surface area contributed by atoms with Crippen molar-refractivity contribution in [3.63, 3.8) is 0 Å². The van der Waals surface area contributed by atoms with Crippen LogP contribution in [0, 0.1) is 0 Å². The second-order valence-electron chi connectivity index (χ2n) is 2.34. The Kier molecular flexibility index (Phi) is 1.51. The van der Waals surface area contributed by atoms with E-state index in [9.17, 15) is 0 Å². The average Bonchev–Trinajstić information content (AvgIpc) is 2.56. The van der Waals surface area contributed by atoms with Crippen molar-refractivity contribution in [2.75, 3.05) is 0 Å². The lowest BCUT2D eigenvalue weighted by Gasteiger charge is -1.98. The van der Waals surface area contributed by atoms with E-state index in [1.807, 2.05) is 6.07 Å². The van der Waals surface area contributed by atoms with Gasteiger partial charge in [0.05, 0.1) is 18.1 Å². The highest BCUT2D eigenvalue weighted by atomic mass is 16.3. The Labute approximate surface area is 69.1 Å². The molecule has 0 atom stereocenters. The van der Waals surface area contributed by atoms with E-state index in [4.69, 9.17) is 5.11 Å². The molecule has 0 bridgehead atoms. The number of aromatic hydroxyl groups is 1. The van der Waals surface area contributed by atoms with E-state index in [1.165, 1.54) is 4.80 Å². The summed E-state index contributed by atoms with van der Waals surface area (Å²) in [6, 6.07) is 6.76. The summed E-state index contributed by atoms with van der Waals surface area (Å²) in [4.78, 5) is 1.44. The molecule has 2 aromatic rings. The minimum atomic E-state index is 0.213. The van der Waals surface area contributed by atoms with Gasteiger partial charge in [0.2, 0.25) is 0 Å². The zero-order chi connectivity index (χ0) is 8.39. The lowest BCUT2D eigenvalue weighted by molar-refractivity contribution is 0.474. The predicted molar refractivity (Wildman–Crippen MR) is 43.0 cm³/mol. The van der Waals surface area contributed by atoms with E-state index in [1.54, 1.807) is 30.6 Å². The molecule has 0 aliphatic carbocycles. The third-order valence-corrected chi connectivity index (χ3v) is 1.48. The van der Waals surface area contributed by atoms with E-state index >= 15 is 0 Å². The van der Waals surface area contributed by atoms with Gasteiger partial charge in [-0.05, 0) is 12.1 Å². The molecule has 1 aromatic carbocycles. The van der Waals surface area contributed by atoms with Crippen LogP contribution in [0.4, 0.5) is 0 Å². The van der Waals surface area contributed by atoms with Crippen LogP contribution in [0.25, 0.3) is 5.69 Å². The number of nitrogens with zero attached hydrogens (tertiary/aromatic N) is 3. The van der Waals surface area contributed by atoms with Crippen LogP contribution in [0.5, 0.6) is 5.75 Å². The molecular formula is C8H7N3O. The molecule has 0 saturated carbocycles. The molecule has 0 amide bonds. The molecule has 0 unspecified atom stereocenters. The minimum Gasteiger partial charge on any atom is -0.508 e. The summed E-state index contributed by atoms with van der Waals surface area (Å²) >= 11 is 0. The number of hydrogen-bond donors (Lipinski definition) is 1. The second-order valence-corrected chi connectivity index (χ2v) is 2.34. The highest BCUT2D eigenvalue weighted by Gasteiger charge is 1.96. The Morgan fingerprint density at radius 3 is 2.58 bits per heavy atom.